The van der Waals surface area contributed by atoms with E-state index < -0.39 is 0 Å². The fraction of sp³-hybridized carbons (Fsp3) is 0. The summed E-state index contributed by atoms with van der Waals surface area (Å²) in [5.41, 5.74) is 15.1. The molecule has 13 aromatic rings. The second kappa shape index (κ2) is 16.6. The molecule has 0 bridgehead atoms. The molecule has 0 unspecified atom stereocenters. The van der Waals surface area contributed by atoms with Gasteiger partial charge in [0.25, 0.3) is 0 Å². The molecule has 0 amide bonds. The normalized spacial score (nSPS) is 11.5. The molecule has 0 radical (unpaired) electrons. The zero-order chi connectivity index (χ0) is 45.0. The standard InChI is InChI=1S/C64H42N2OS/c1-4-15-43(16-5-1)48-38-49(47-28-27-44-17-10-11-18-46(44)37-47)40-55(39-48)66(52-31-29-45(30-32-52)56-24-14-25-59-58-23-12-13-26-63(58)68-64(56)59)54-33-35-57-60-41-53(34-36-61(60)67-62(57)42-54)65(50-19-6-2-7-20-50)51-21-8-3-9-22-51/h1-42H. The number of nitrogens with zero attached hydrogens (tertiary/aromatic N) is 2. The number of hydrogen-bond donors (Lipinski definition) is 0. The molecule has 11 aromatic carbocycles. The molecular weight excluding hydrogens is 845 g/mol. The Morgan fingerprint density at radius 3 is 1.65 bits per heavy atom. The van der Waals surface area contributed by atoms with Crippen molar-refractivity contribution in [3.63, 3.8) is 0 Å². The van der Waals surface area contributed by atoms with Crippen LogP contribution in [0.2, 0.25) is 0 Å². The van der Waals surface area contributed by atoms with Gasteiger partial charge in [0, 0.05) is 71.1 Å². The Hall–Kier alpha value is -8.70. The summed E-state index contributed by atoms with van der Waals surface area (Å²) >= 11 is 1.87. The van der Waals surface area contributed by atoms with Gasteiger partial charge in [0.2, 0.25) is 0 Å². The number of rotatable bonds is 9. The number of benzene rings is 11. The molecule has 2 aromatic heterocycles. The number of hydrogen-bond acceptors (Lipinski definition) is 4. The molecule has 0 aliphatic rings. The molecule has 4 heteroatoms. The average molecular weight is 887 g/mol. The van der Waals surface area contributed by atoms with Crippen LogP contribution in [0.4, 0.5) is 34.1 Å². The third-order valence-electron chi connectivity index (χ3n) is 13.2. The highest BCUT2D eigenvalue weighted by atomic mass is 32.1. The van der Waals surface area contributed by atoms with E-state index in [0.717, 1.165) is 78.3 Å². The van der Waals surface area contributed by atoms with Gasteiger partial charge in [-0.15, -0.1) is 11.3 Å². The van der Waals surface area contributed by atoms with Crippen molar-refractivity contribution in [2.24, 2.45) is 0 Å². The Kier molecular flexibility index (Phi) is 9.69. The van der Waals surface area contributed by atoms with Gasteiger partial charge in [0.05, 0.1) is 0 Å². The fourth-order valence-electron chi connectivity index (χ4n) is 9.92. The molecule has 0 spiro atoms. The monoisotopic (exact) mass is 886 g/mol. The van der Waals surface area contributed by atoms with E-state index >= 15 is 0 Å². The third-order valence-corrected chi connectivity index (χ3v) is 14.4. The zero-order valence-corrected chi connectivity index (χ0v) is 37.8. The molecule has 0 fully saturated rings. The van der Waals surface area contributed by atoms with Crippen LogP contribution in [0.15, 0.2) is 259 Å². The maximum Gasteiger partial charge on any atom is 0.137 e. The Morgan fingerprint density at radius 2 is 0.868 bits per heavy atom. The van der Waals surface area contributed by atoms with E-state index in [4.69, 9.17) is 4.42 Å². The number of para-hydroxylation sites is 2. The van der Waals surface area contributed by atoms with E-state index in [9.17, 15) is 0 Å². The first-order valence-corrected chi connectivity index (χ1v) is 23.9. The van der Waals surface area contributed by atoms with Gasteiger partial charge in [0.1, 0.15) is 11.2 Å². The van der Waals surface area contributed by atoms with Crippen LogP contribution in [0, 0.1) is 0 Å². The van der Waals surface area contributed by atoms with Crippen LogP contribution >= 0.6 is 11.3 Å². The van der Waals surface area contributed by atoms with Crippen LogP contribution in [0.25, 0.3) is 86.3 Å². The topological polar surface area (TPSA) is 19.6 Å². The molecule has 0 N–H and O–H groups in total. The first-order chi connectivity index (χ1) is 33.7. The van der Waals surface area contributed by atoms with Crippen LogP contribution in [-0.4, -0.2) is 0 Å². The highest BCUT2D eigenvalue weighted by Gasteiger charge is 2.20. The van der Waals surface area contributed by atoms with Crippen molar-refractivity contribution in [3.8, 4) is 33.4 Å². The molecule has 0 aliphatic heterocycles. The van der Waals surface area contributed by atoms with Gasteiger partial charge in [-0.05, 0) is 141 Å². The third kappa shape index (κ3) is 7.07. The van der Waals surface area contributed by atoms with Crippen LogP contribution in [0.1, 0.15) is 0 Å². The second-order valence-corrected chi connectivity index (χ2v) is 18.4. The lowest BCUT2D eigenvalue weighted by atomic mass is 9.95. The molecule has 2 heterocycles. The molecule has 0 saturated carbocycles. The van der Waals surface area contributed by atoms with Gasteiger partial charge in [-0.2, -0.15) is 0 Å². The number of anilines is 6. The van der Waals surface area contributed by atoms with Gasteiger partial charge in [-0.25, -0.2) is 0 Å². The van der Waals surface area contributed by atoms with Gasteiger partial charge in [0.15, 0.2) is 0 Å². The average Bonchev–Trinajstić information content (AvgIpc) is 3.98. The quantitative estimate of drug-likeness (QED) is 0.144. The summed E-state index contributed by atoms with van der Waals surface area (Å²) < 4.78 is 9.40. The van der Waals surface area contributed by atoms with Crippen molar-refractivity contribution in [2.75, 3.05) is 9.80 Å². The SMILES string of the molecule is c1ccc(-c2cc(-c3ccc4ccccc4c3)cc(N(c3ccc(-c4cccc5c4sc4ccccc45)cc3)c3ccc4c(c3)oc3ccc(N(c5ccccc5)c5ccccc5)cc34)c2)cc1. The molecule has 0 aliphatic carbocycles. The molecule has 0 atom stereocenters. The van der Waals surface area contributed by atoms with Gasteiger partial charge in [-0.3, -0.25) is 0 Å². The van der Waals surface area contributed by atoms with E-state index in [1.807, 2.05) is 11.3 Å². The van der Waals surface area contributed by atoms with Crippen molar-refractivity contribution in [2.45, 2.75) is 0 Å². The Morgan fingerprint density at radius 1 is 0.279 bits per heavy atom. The zero-order valence-electron chi connectivity index (χ0n) is 37.0. The smallest absolute Gasteiger partial charge is 0.137 e. The maximum absolute atomic E-state index is 6.79. The first-order valence-electron chi connectivity index (χ1n) is 23.1. The predicted octanol–water partition coefficient (Wildman–Crippen LogP) is 19.0. The highest BCUT2D eigenvalue weighted by Crippen LogP contribution is 2.45. The Labute approximate surface area is 398 Å². The highest BCUT2D eigenvalue weighted by molar-refractivity contribution is 7.26. The second-order valence-electron chi connectivity index (χ2n) is 17.3. The first kappa shape index (κ1) is 39.6. The lowest BCUT2D eigenvalue weighted by molar-refractivity contribution is 0.669. The minimum absolute atomic E-state index is 0.827. The molecule has 3 nitrogen and oxygen atoms in total. The maximum atomic E-state index is 6.79. The van der Waals surface area contributed by atoms with E-state index in [0.29, 0.717) is 0 Å². The summed E-state index contributed by atoms with van der Waals surface area (Å²) in [6.45, 7) is 0. The Balaban J connectivity index is 0.980. The van der Waals surface area contributed by atoms with Crippen LogP contribution in [0.3, 0.4) is 0 Å². The number of thiophene rings is 1. The molecule has 13 rings (SSSR count). The summed E-state index contributed by atoms with van der Waals surface area (Å²) in [6.07, 6.45) is 0. The van der Waals surface area contributed by atoms with Crippen molar-refractivity contribution in [1.82, 2.24) is 0 Å². The minimum Gasteiger partial charge on any atom is -0.456 e. The van der Waals surface area contributed by atoms with Crippen LogP contribution in [0.5, 0.6) is 0 Å². The summed E-state index contributed by atoms with van der Waals surface area (Å²) in [6, 6.07) is 91.8. The summed E-state index contributed by atoms with van der Waals surface area (Å²) in [5, 5.41) is 7.17. The predicted molar refractivity (Wildman–Crippen MR) is 290 cm³/mol. The van der Waals surface area contributed by atoms with Crippen LogP contribution in [-0.2, 0) is 0 Å². The summed E-state index contributed by atoms with van der Waals surface area (Å²) in [5.74, 6) is 0. The van der Waals surface area contributed by atoms with E-state index in [2.05, 4.69) is 265 Å². The van der Waals surface area contributed by atoms with Gasteiger partial charge in [-0.1, -0.05) is 152 Å². The number of fused-ring (bicyclic) bond motifs is 7. The van der Waals surface area contributed by atoms with Crippen molar-refractivity contribution >= 4 is 98.3 Å². The minimum atomic E-state index is 0.827. The van der Waals surface area contributed by atoms with Gasteiger partial charge < -0.3 is 14.2 Å². The van der Waals surface area contributed by atoms with Crippen molar-refractivity contribution < 1.29 is 4.42 Å². The number of furan rings is 1. The van der Waals surface area contributed by atoms with Crippen molar-refractivity contribution in [3.05, 3.63) is 255 Å². The van der Waals surface area contributed by atoms with Gasteiger partial charge >= 0.3 is 0 Å². The van der Waals surface area contributed by atoms with E-state index in [1.165, 1.54) is 42.1 Å². The molecule has 68 heavy (non-hydrogen) atoms. The fourth-order valence-corrected chi connectivity index (χ4v) is 11.2. The molecular formula is C64H42N2OS. The summed E-state index contributed by atoms with van der Waals surface area (Å²) in [4.78, 5) is 4.68. The lowest BCUT2D eigenvalue weighted by Gasteiger charge is -2.27. The molecule has 0 saturated heterocycles. The van der Waals surface area contributed by atoms with E-state index in [1.54, 1.807) is 0 Å². The lowest BCUT2D eigenvalue weighted by Crippen LogP contribution is -2.10. The van der Waals surface area contributed by atoms with Crippen LogP contribution < -0.4 is 9.80 Å². The van der Waals surface area contributed by atoms with E-state index in [-0.39, 0.29) is 0 Å². The molecule has 320 valence electrons. The Bertz CT molecular complexity index is 3930. The largest absolute Gasteiger partial charge is 0.456 e. The van der Waals surface area contributed by atoms with Crippen molar-refractivity contribution in [1.29, 1.82) is 0 Å². The summed E-state index contributed by atoms with van der Waals surface area (Å²) in [7, 11) is 0.